The van der Waals surface area contributed by atoms with E-state index < -0.39 is 17.4 Å². The first-order valence-electron chi connectivity index (χ1n) is 6.11. The second-order valence-electron chi connectivity index (χ2n) is 4.30. The Morgan fingerprint density at radius 2 is 2.00 bits per heavy atom. The van der Waals surface area contributed by atoms with Gasteiger partial charge < -0.3 is 15.5 Å². The van der Waals surface area contributed by atoms with E-state index in [4.69, 9.17) is 5.11 Å². The van der Waals surface area contributed by atoms with Crippen molar-refractivity contribution in [3.63, 3.8) is 0 Å². The lowest BCUT2D eigenvalue weighted by atomic mass is 9.93. The van der Waals surface area contributed by atoms with Crippen molar-refractivity contribution in [3.05, 3.63) is 29.6 Å². The lowest BCUT2D eigenvalue weighted by Crippen LogP contribution is -2.51. The number of aromatic carboxylic acids is 1. The second kappa shape index (κ2) is 6.29. The molecule has 0 unspecified atom stereocenters. The predicted octanol–water partition coefficient (Wildman–Crippen LogP) is 1.06. The van der Waals surface area contributed by atoms with Crippen LogP contribution in [0.1, 0.15) is 47.5 Å². The molecule has 0 saturated heterocycles. The van der Waals surface area contributed by atoms with Crippen LogP contribution in [0.4, 0.5) is 0 Å². The maximum absolute atomic E-state index is 12.1. The number of aliphatic hydroxyl groups excluding tert-OH is 1. The number of hydrogen-bond donors (Lipinski definition) is 3. The molecule has 0 saturated carbocycles. The van der Waals surface area contributed by atoms with Crippen LogP contribution >= 0.6 is 0 Å². The number of carboxylic acid groups (broad SMARTS) is 1. The number of nitrogens with zero attached hydrogens (tertiary/aromatic N) is 1. The van der Waals surface area contributed by atoms with Gasteiger partial charge in [-0.3, -0.25) is 9.78 Å². The monoisotopic (exact) mass is 266 g/mol. The zero-order valence-electron chi connectivity index (χ0n) is 11.0. The zero-order valence-corrected chi connectivity index (χ0v) is 11.0. The van der Waals surface area contributed by atoms with Crippen LogP contribution in [-0.2, 0) is 0 Å². The Labute approximate surface area is 111 Å². The summed E-state index contributed by atoms with van der Waals surface area (Å²) in [6, 6.07) is 2.78. The Kier molecular flexibility index (Phi) is 5.00. The van der Waals surface area contributed by atoms with Gasteiger partial charge in [-0.1, -0.05) is 13.8 Å². The molecule has 104 valence electrons. The van der Waals surface area contributed by atoms with Gasteiger partial charge in [0.25, 0.3) is 5.91 Å². The highest BCUT2D eigenvalue weighted by molar-refractivity contribution is 6.03. The van der Waals surface area contributed by atoms with Crippen molar-refractivity contribution in [3.8, 4) is 0 Å². The minimum Gasteiger partial charge on any atom is -0.478 e. The molecule has 0 spiro atoms. The molecular weight excluding hydrogens is 248 g/mol. The van der Waals surface area contributed by atoms with Crippen LogP contribution in [0.3, 0.4) is 0 Å². The van der Waals surface area contributed by atoms with Crippen molar-refractivity contribution < 1.29 is 19.8 Å². The number of carbonyl (C=O) groups is 2. The van der Waals surface area contributed by atoms with Gasteiger partial charge in [0, 0.05) is 6.20 Å². The molecule has 1 heterocycles. The van der Waals surface area contributed by atoms with Gasteiger partial charge in [-0.15, -0.1) is 0 Å². The smallest absolute Gasteiger partial charge is 0.338 e. The minimum atomic E-state index is -1.21. The molecule has 0 aromatic carbocycles. The third-order valence-corrected chi connectivity index (χ3v) is 3.29. The number of aliphatic hydroxyl groups is 1. The molecule has 0 fully saturated rings. The molecule has 19 heavy (non-hydrogen) atoms. The number of pyridine rings is 1. The number of aromatic nitrogens is 1. The van der Waals surface area contributed by atoms with Crippen LogP contribution in [0.5, 0.6) is 0 Å². The van der Waals surface area contributed by atoms with Crippen molar-refractivity contribution >= 4 is 11.9 Å². The van der Waals surface area contributed by atoms with Crippen molar-refractivity contribution in [2.45, 2.75) is 32.2 Å². The Hall–Kier alpha value is -1.95. The van der Waals surface area contributed by atoms with Crippen LogP contribution in [0.25, 0.3) is 0 Å². The van der Waals surface area contributed by atoms with Crippen LogP contribution in [-0.4, -0.2) is 39.2 Å². The molecule has 3 N–H and O–H groups in total. The van der Waals surface area contributed by atoms with Crippen LogP contribution in [0.2, 0.25) is 0 Å². The molecule has 1 amide bonds. The first kappa shape index (κ1) is 15.1. The van der Waals surface area contributed by atoms with E-state index in [1.54, 1.807) is 0 Å². The third-order valence-electron chi connectivity index (χ3n) is 3.29. The van der Waals surface area contributed by atoms with E-state index >= 15 is 0 Å². The number of amides is 1. The van der Waals surface area contributed by atoms with Crippen molar-refractivity contribution in [1.82, 2.24) is 10.3 Å². The minimum absolute atomic E-state index is 0.144. The van der Waals surface area contributed by atoms with E-state index in [0.29, 0.717) is 12.8 Å². The molecule has 0 bridgehead atoms. The van der Waals surface area contributed by atoms with E-state index in [1.807, 2.05) is 13.8 Å². The van der Waals surface area contributed by atoms with Gasteiger partial charge in [0.05, 0.1) is 17.7 Å². The summed E-state index contributed by atoms with van der Waals surface area (Å²) in [6.07, 6.45) is 2.45. The molecule has 0 radical (unpaired) electrons. The Balaban J connectivity index is 3.05. The van der Waals surface area contributed by atoms with E-state index in [-0.39, 0.29) is 17.9 Å². The summed E-state index contributed by atoms with van der Waals surface area (Å²) in [5.41, 5.74) is -1.04. The average molecular weight is 266 g/mol. The molecular formula is C13H18N2O4. The summed E-state index contributed by atoms with van der Waals surface area (Å²) in [7, 11) is 0. The molecule has 0 aliphatic heterocycles. The maximum atomic E-state index is 12.1. The lowest BCUT2D eigenvalue weighted by Gasteiger charge is -2.30. The molecule has 0 atom stereocenters. The van der Waals surface area contributed by atoms with E-state index in [2.05, 4.69) is 10.3 Å². The molecule has 0 aliphatic carbocycles. The zero-order chi connectivity index (χ0) is 14.5. The Bertz CT molecular complexity index is 461. The fourth-order valence-electron chi connectivity index (χ4n) is 1.75. The van der Waals surface area contributed by atoms with Crippen LogP contribution in [0.15, 0.2) is 18.3 Å². The first-order valence-corrected chi connectivity index (χ1v) is 6.11. The van der Waals surface area contributed by atoms with Gasteiger partial charge >= 0.3 is 5.97 Å². The van der Waals surface area contributed by atoms with E-state index in [9.17, 15) is 14.7 Å². The van der Waals surface area contributed by atoms with Gasteiger partial charge in [-0.05, 0) is 25.0 Å². The summed E-state index contributed by atoms with van der Waals surface area (Å²) in [5, 5.41) is 21.1. The van der Waals surface area contributed by atoms with Gasteiger partial charge in [0.15, 0.2) is 0 Å². The molecule has 0 aliphatic rings. The van der Waals surface area contributed by atoms with E-state index in [0.717, 1.165) is 0 Å². The van der Waals surface area contributed by atoms with E-state index in [1.165, 1.54) is 18.3 Å². The maximum Gasteiger partial charge on any atom is 0.338 e. The van der Waals surface area contributed by atoms with Gasteiger partial charge in [0.1, 0.15) is 5.69 Å². The summed E-state index contributed by atoms with van der Waals surface area (Å²) >= 11 is 0. The summed E-state index contributed by atoms with van der Waals surface area (Å²) in [5.74, 6) is -1.79. The van der Waals surface area contributed by atoms with Gasteiger partial charge in [-0.2, -0.15) is 0 Å². The predicted molar refractivity (Wildman–Crippen MR) is 69.1 cm³/mol. The normalized spacial score (nSPS) is 11.1. The fourth-order valence-corrected chi connectivity index (χ4v) is 1.75. The number of rotatable bonds is 6. The number of carboxylic acids is 1. The van der Waals surface area contributed by atoms with Gasteiger partial charge in [0.2, 0.25) is 0 Å². The first-order chi connectivity index (χ1) is 8.99. The largest absolute Gasteiger partial charge is 0.478 e. The number of nitrogens with one attached hydrogen (secondary N) is 1. The quantitative estimate of drug-likeness (QED) is 0.715. The second-order valence-corrected chi connectivity index (χ2v) is 4.30. The molecule has 1 aromatic rings. The molecule has 1 rings (SSSR count). The van der Waals surface area contributed by atoms with Crippen LogP contribution < -0.4 is 5.32 Å². The Morgan fingerprint density at radius 3 is 2.47 bits per heavy atom. The third kappa shape index (κ3) is 3.29. The fraction of sp³-hybridized carbons (Fsp3) is 0.462. The average Bonchev–Trinajstić information content (AvgIpc) is 2.44. The Morgan fingerprint density at radius 1 is 1.37 bits per heavy atom. The standard InChI is InChI=1S/C13H18N2O4/c1-3-13(4-2,8-16)15-11(17)10-9(12(18)19)6-5-7-14-10/h5-7,16H,3-4,8H2,1-2H3,(H,15,17)(H,18,19). The number of carbonyl (C=O) groups excluding carboxylic acids is 1. The van der Waals surface area contributed by atoms with Gasteiger partial charge in [-0.25, -0.2) is 4.79 Å². The highest BCUT2D eigenvalue weighted by atomic mass is 16.4. The highest BCUT2D eigenvalue weighted by Crippen LogP contribution is 2.16. The number of hydrogen-bond acceptors (Lipinski definition) is 4. The summed E-state index contributed by atoms with van der Waals surface area (Å²) in [6.45, 7) is 3.48. The molecule has 1 aromatic heterocycles. The molecule has 6 heteroatoms. The highest BCUT2D eigenvalue weighted by Gasteiger charge is 2.29. The summed E-state index contributed by atoms with van der Waals surface area (Å²) in [4.78, 5) is 27.0. The van der Waals surface area contributed by atoms with Crippen molar-refractivity contribution in [2.75, 3.05) is 6.61 Å². The van der Waals surface area contributed by atoms with Crippen molar-refractivity contribution in [2.24, 2.45) is 0 Å². The van der Waals surface area contributed by atoms with Crippen molar-refractivity contribution in [1.29, 1.82) is 0 Å². The SMILES string of the molecule is CCC(CC)(CO)NC(=O)c1ncccc1C(=O)O. The summed E-state index contributed by atoms with van der Waals surface area (Å²) < 4.78 is 0. The lowest BCUT2D eigenvalue weighted by molar-refractivity contribution is 0.0684. The topological polar surface area (TPSA) is 99.5 Å². The molecule has 6 nitrogen and oxygen atoms in total. The van der Waals surface area contributed by atoms with Crippen LogP contribution in [0, 0.1) is 0 Å².